The fourth-order valence-corrected chi connectivity index (χ4v) is 3.97. The number of halogens is 3. The summed E-state index contributed by atoms with van der Waals surface area (Å²) in [6, 6.07) is 9.77. The summed E-state index contributed by atoms with van der Waals surface area (Å²) in [6.45, 7) is 5.47. The van der Waals surface area contributed by atoms with Crippen LogP contribution in [-0.4, -0.2) is 73.7 Å². The number of piperazine rings is 1. The summed E-state index contributed by atoms with van der Waals surface area (Å²) < 4.78 is 43.7. The number of nitrogens with zero attached hydrogens (tertiary/aromatic N) is 4. The average molecular weight is 442 g/mol. The van der Waals surface area contributed by atoms with Crippen LogP contribution in [0.1, 0.15) is 10.7 Å². The van der Waals surface area contributed by atoms with E-state index in [2.05, 4.69) is 25.1 Å². The number of rotatable bonds is 7. The van der Waals surface area contributed by atoms with E-state index < -0.39 is 11.9 Å². The number of ether oxygens (including phenoxy) is 1. The summed E-state index contributed by atoms with van der Waals surface area (Å²) in [5.41, 5.74) is -0.820. The van der Waals surface area contributed by atoms with Gasteiger partial charge in [0.25, 0.3) is 0 Å². The molecule has 0 bridgehead atoms. The van der Waals surface area contributed by atoms with Crippen molar-refractivity contribution in [2.45, 2.75) is 12.6 Å². The number of guanidine groups is 1. The van der Waals surface area contributed by atoms with Gasteiger partial charge in [0.05, 0.1) is 5.01 Å². The maximum absolute atomic E-state index is 12.6. The lowest BCUT2D eigenvalue weighted by Crippen LogP contribution is -2.53. The monoisotopic (exact) mass is 441 g/mol. The number of aromatic nitrogens is 1. The molecule has 0 spiro atoms. The Morgan fingerprint density at radius 3 is 2.57 bits per heavy atom. The first kappa shape index (κ1) is 22.4. The van der Waals surface area contributed by atoms with E-state index in [0.29, 0.717) is 24.6 Å². The molecule has 1 aliphatic rings. The second-order valence-electron chi connectivity index (χ2n) is 6.84. The molecule has 1 saturated heterocycles. The summed E-state index contributed by atoms with van der Waals surface area (Å²) in [7, 11) is 1.72. The van der Waals surface area contributed by atoms with Crippen molar-refractivity contribution in [2.24, 2.45) is 4.99 Å². The number of benzene rings is 1. The molecule has 0 unspecified atom stereocenters. The van der Waals surface area contributed by atoms with Crippen LogP contribution in [0.2, 0.25) is 0 Å². The van der Waals surface area contributed by atoms with E-state index in [0.717, 1.165) is 61.1 Å². The highest BCUT2D eigenvalue weighted by molar-refractivity contribution is 7.09. The van der Waals surface area contributed by atoms with E-state index in [9.17, 15) is 13.2 Å². The Hall–Kier alpha value is -2.33. The van der Waals surface area contributed by atoms with Gasteiger partial charge in [0, 0.05) is 58.1 Å². The molecule has 1 N–H and O–H groups in total. The van der Waals surface area contributed by atoms with Crippen molar-refractivity contribution < 1.29 is 17.9 Å². The van der Waals surface area contributed by atoms with Crippen molar-refractivity contribution >= 4 is 17.3 Å². The van der Waals surface area contributed by atoms with Gasteiger partial charge in [-0.25, -0.2) is 4.98 Å². The van der Waals surface area contributed by atoms with Crippen LogP contribution in [0.5, 0.6) is 5.75 Å². The molecule has 2 aromatic rings. The van der Waals surface area contributed by atoms with Crippen LogP contribution in [0.15, 0.2) is 40.7 Å². The number of para-hydroxylation sites is 1. The molecule has 1 aliphatic heterocycles. The first-order chi connectivity index (χ1) is 14.5. The summed E-state index contributed by atoms with van der Waals surface area (Å²) in [4.78, 5) is 12.5. The van der Waals surface area contributed by atoms with Crippen LogP contribution < -0.4 is 10.1 Å². The zero-order valence-electron chi connectivity index (χ0n) is 16.9. The molecule has 0 radical (unpaired) electrons. The Labute approximate surface area is 178 Å². The fraction of sp³-hybridized carbons (Fsp3) is 0.500. The quantitative estimate of drug-likeness (QED) is 0.529. The standard InChI is InChI=1S/C20H26F3N5OS/c1-24-19(25-8-7-18-26-17(15-30-18)20(21,22)23)28-11-9-27(10-12-28)13-14-29-16-5-3-2-4-6-16/h2-6,15H,7-14H2,1H3,(H,24,25). The minimum Gasteiger partial charge on any atom is -0.492 e. The zero-order chi connectivity index (χ0) is 21.4. The van der Waals surface area contributed by atoms with E-state index in [-0.39, 0.29) is 0 Å². The number of hydrogen-bond acceptors (Lipinski definition) is 5. The van der Waals surface area contributed by atoms with E-state index in [1.165, 1.54) is 0 Å². The highest BCUT2D eigenvalue weighted by Crippen LogP contribution is 2.30. The van der Waals surface area contributed by atoms with Crippen LogP contribution in [0.25, 0.3) is 0 Å². The van der Waals surface area contributed by atoms with Gasteiger partial charge in [-0.3, -0.25) is 9.89 Å². The van der Waals surface area contributed by atoms with Gasteiger partial charge in [-0.05, 0) is 12.1 Å². The Morgan fingerprint density at radius 2 is 1.93 bits per heavy atom. The first-order valence-corrected chi connectivity index (χ1v) is 10.7. The molecule has 1 aromatic carbocycles. The van der Waals surface area contributed by atoms with Crippen LogP contribution in [0.4, 0.5) is 13.2 Å². The highest BCUT2D eigenvalue weighted by atomic mass is 32.1. The molecular formula is C20H26F3N5OS. The number of aliphatic imine (C=N–C) groups is 1. The maximum Gasteiger partial charge on any atom is 0.434 e. The minimum atomic E-state index is -4.38. The fourth-order valence-electron chi connectivity index (χ4n) is 3.16. The smallest absolute Gasteiger partial charge is 0.434 e. The summed E-state index contributed by atoms with van der Waals surface area (Å²) in [6.07, 6.45) is -3.96. The van der Waals surface area contributed by atoms with Crippen molar-refractivity contribution in [2.75, 3.05) is 52.9 Å². The molecule has 2 heterocycles. The van der Waals surface area contributed by atoms with E-state index >= 15 is 0 Å². The zero-order valence-corrected chi connectivity index (χ0v) is 17.7. The predicted molar refractivity (Wildman–Crippen MR) is 112 cm³/mol. The molecular weight excluding hydrogens is 415 g/mol. The molecule has 1 aromatic heterocycles. The van der Waals surface area contributed by atoms with Crippen LogP contribution in [0.3, 0.4) is 0 Å². The Kier molecular flexibility index (Phi) is 7.92. The summed E-state index contributed by atoms with van der Waals surface area (Å²) in [5.74, 6) is 1.64. The van der Waals surface area contributed by atoms with E-state index in [4.69, 9.17) is 4.74 Å². The number of nitrogens with one attached hydrogen (secondary N) is 1. The molecule has 0 saturated carbocycles. The lowest BCUT2D eigenvalue weighted by Gasteiger charge is -2.36. The number of thiazole rings is 1. The maximum atomic E-state index is 12.6. The Morgan fingerprint density at radius 1 is 1.20 bits per heavy atom. The van der Waals surface area contributed by atoms with E-state index in [1.807, 2.05) is 30.3 Å². The number of alkyl halides is 3. The van der Waals surface area contributed by atoms with Gasteiger partial charge in [-0.1, -0.05) is 18.2 Å². The SMILES string of the molecule is CN=C(NCCc1nc(C(F)(F)F)cs1)N1CCN(CCOc2ccccc2)CC1. The summed E-state index contributed by atoms with van der Waals surface area (Å²) >= 11 is 1.03. The molecule has 6 nitrogen and oxygen atoms in total. The predicted octanol–water partition coefficient (Wildman–Crippen LogP) is 2.98. The third kappa shape index (κ3) is 6.60. The third-order valence-corrected chi connectivity index (χ3v) is 5.68. The van der Waals surface area contributed by atoms with Crippen molar-refractivity contribution in [3.05, 3.63) is 46.4 Å². The van der Waals surface area contributed by atoms with Crippen molar-refractivity contribution in [1.82, 2.24) is 20.1 Å². The second-order valence-corrected chi connectivity index (χ2v) is 7.78. The van der Waals surface area contributed by atoms with Crippen molar-refractivity contribution in [3.63, 3.8) is 0 Å². The van der Waals surface area contributed by atoms with Crippen LogP contribution in [-0.2, 0) is 12.6 Å². The second kappa shape index (κ2) is 10.6. The van der Waals surface area contributed by atoms with Crippen molar-refractivity contribution in [3.8, 4) is 5.75 Å². The summed E-state index contributed by atoms with van der Waals surface area (Å²) in [5, 5.41) is 4.76. The average Bonchev–Trinajstić information content (AvgIpc) is 3.22. The molecule has 1 fully saturated rings. The number of hydrogen-bond donors (Lipinski definition) is 1. The lowest BCUT2D eigenvalue weighted by atomic mass is 10.3. The highest BCUT2D eigenvalue weighted by Gasteiger charge is 2.33. The van der Waals surface area contributed by atoms with Crippen molar-refractivity contribution in [1.29, 1.82) is 0 Å². The Balaban J connectivity index is 1.36. The molecule has 0 amide bonds. The molecule has 164 valence electrons. The van der Waals surface area contributed by atoms with Gasteiger partial charge in [-0.15, -0.1) is 11.3 Å². The molecule has 30 heavy (non-hydrogen) atoms. The topological polar surface area (TPSA) is 53.0 Å². The van der Waals surface area contributed by atoms with Crippen LogP contribution in [0, 0.1) is 0 Å². The molecule has 0 atom stereocenters. The van der Waals surface area contributed by atoms with Gasteiger partial charge in [0.1, 0.15) is 12.4 Å². The molecule has 3 rings (SSSR count). The van der Waals surface area contributed by atoms with Gasteiger partial charge >= 0.3 is 6.18 Å². The first-order valence-electron chi connectivity index (χ1n) is 9.83. The van der Waals surface area contributed by atoms with Gasteiger partial charge in [0.2, 0.25) is 0 Å². The molecule has 0 aliphatic carbocycles. The van der Waals surface area contributed by atoms with Gasteiger partial charge in [0.15, 0.2) is 11.7 Å². The Bertz CT molecular complexity index is 804. The third-order valence-electron chi connectivity index (χ3n) is 4.77. The van der Waals surface area contributed by atoms with Gasteiger partial charge in [-0.2, -0.15) is 13.2 Å². The molecule has 10 heteroatoms. The minimum absolute atomic E-state index is 0.427. The largest absolute Gasteiger partial charge is 0.492 e. The van der Waals surface area contributed by atoms with E-state index in [1.54, 1.807) is 7.05 Å². The normalized spacial score (nSPS) is 16.0. The van der Waals surface area contributed by atoms with Crippen LogP contribution >= 0.6 is 11.3 Å². The van der Waals surface area contributed by atoms with Gasteiger partial charge < -0.3 is 15.0 Å². The lowest BCUT2D eigenvalue weighted by molar-refractivity contribution is -0.140.